The lowest BCUT2D eigenvalue weighted by molar-refractivity contribution is 0.293. The van der Waals surface area contributed by atoms with Crippen molar-refractivity contribution >= 4 is 11.6 Å². The molecule has 0 spiro atoms. The summed E-state index contributed by atoms with van der Waals surface area (Å²) < 4.78 is 5.66. The van der Waals surface area contributed by atoms with Gasteiger partial charge in [-0.15, -0.1) is 11.6 Å². The largest absolute Gasteiger partial charge is 0.493 e. The molecule has 1 saturated carbocycles. The van der Waals surface area contributed by atoms with Gasteiger partial charge in [-0.25, -0.2) is 0 Å². The van der Waals surface area contributed by atoms with Gasteiger partial charge in [0.1, 0.15) is 5.75 Å². The fourth-order valence-electron chi connectivity index (χ4n) is 2.68. The average Bonchev–Trinajstić information content (AvgIpc) is 2.70. The van der Waals surface area contributed by atoms with Gasteiger partial charge in [-0.2, -0.15) is 0 Å². The number of nitrogens with one attached hydrogen (secondary N) is 1. The molecule has 1 aromatic carbocycles. The monoisotopic (exact) mass is 251 g/mol. The summed E-state index contributed by atoms with van der Waals surface area (Å²) in [4.78, 5) is 0. The Morgan fingerprint density at radius 2 is 2.06 bits per heavy atom. The summed E-state index contributed by atoms with van der Waals surface area (Å²) in [6.07, 6.45) is 2.35. The molecule has 92 valence electrons. The molecule has 1 aliphatic heterocycles. The van der Waals surface area contributed by atoms with E-state index in [9.17, 15) is 0 Å². The molecular weight excluding hydrogens is 234 g/mol. The molecule has 0 amide bonds. The molecule has 2 aliphatic rings. The third-order valence-electron chi connectivity index (χ3n) is 3.80. The zero-order valence-corrected chi connectivity index (χ0v) is 10.6. The first kappa shape index (κ1) is 11.4. The molecule has 0 radical (unpaired) electrons. The van der Waals surface area contributed by atoms with Crippen molar-refractivity contribution in [3.8, 4) is 5.75 Å². The van der Waals surface area contributed by atoms with Crippen molar-refractivity contribution in [3.63, 3.8) is 0 Å². The van der Waals surface area contributed by atoms with Crippen molar-refractivity contribution in [1.29, 1.82) is 0 Å². The fraction of sp³-hybridized carbons (Fsp3) is 0.571. The molecule has 0 bridgehead atoms. The lowest BCUT2D eigenvalue weighted by atomic mass is 9.85. The number of ether oxygens (including phenoxy) is 1. The van der Waals surface area contributed by atoms with E-state index in [0.29, 0.717) is 11.3 Å². The summed E-state index contributed by atoms with van der Waals surface area (Å²) in [5.41, 5.74) is 1.35. The van der Waals surface area contributed by atoms with E-state index in [2.05, 4.69) is 23.5 Å². The first-order valence-corrected chi connectivity index (χ1v) is 6.83. The zero-order chi connectivity index (χ0) is 11.7. The van der Waals surface area contributed by atoms with Crippen molar-refractivity contribution in [2.24, 2.45) is 5.92 Å². The number of alkyl halides is 1. The van der Waals surface area contributed by atoms with Gasteiger partial charge >= 0.3 is 0 Å². The molecule has 2 nitrogen and oxygen atoms in total. The summed E-state index contributed by atoms with van der Waals surface area (Å²) in [6.45, 7) is 2.93. The zero-order valence-electron chi connectivity index (χ0n) is 9.86. The van der Waals surface area contributed by atoms with Crippen LogP contribution in [0, 0.1) is 5.92 Å². The molecule has 1 fully saturated rings. The highest BCUT2D eigenvalue weighted by molar-refractivity contribution is 6.21. The van der Waals surface area contributed by atoms with E-state index in [1.165, 1.54) is 18.4 Å². The summed E-state index contributed by atoms with van der Waals surface area (Å²) in [7, 11) is 0. The quantitative estimate of drug-likeness (QED) is 0.831. The number of hydrogen-bond acceptors (Lipinski definition) is 2. The predicted octanol–water partition coefficient (Wildman–Crippen LogP) is 2.77. The van der Waals surface area contributed by atoms with Gasteiger partial charge in [-0.1, -0.05) is 18.2 Å². The van der Waals surface area contributed by atoms with Gasteiger partial charge in [0, 0.05) is 23.4 Å². The topological polar surface area (TPSA) is 21.3 Å². The maximum atomic E-state index is 5.97. The summed E-state index contributed by atoms with van der Waals surface area (Å²) in [5.74, 6) is 2.36. The van der Waals surface area contributed by atoms with Crippen molar-refractivity contribution in [1.82, 2.24) is 5.32 Å². The van der Waals surface area contributed by atoms with Crippen LogP contribution in [0.5, 0.6) is 5.75 Å². The minimum absolute atomic E-state index is 0.428. The molecule has 3 rings (SSSR count). The van der Waals surface area contributed by atoms with Gasteiger partial charge < -0.3 is 10.1 Å². The van der Waals surface area contributed by atoms with Crippen LogP contribution in [0.4, 0.5) is 0 Å². The van der Waals surface area contributed by atoms with Gasteiger partial charge in [0.2, 0.25) is 0 Å². The number of hydrogen-bond donors (Lipinski definition) is 1. The lowest BCUT2D eigenvalue weighted by Gasteiger charge is -2.31. The smallest absolute Gasteiger partial charge is 0.122 e. The number of para-hydroxylation sites is 1. The Bertz CT molecular complexity index is 390. The Morgan fingerprint density at radius 3 is 2.88 bits per heavy atom. The highest BCUT2D eigenvalue weighted by Gasteiger charge is 2.28. The molecule has 3 heteroatoms. The normalized spacial score (nSPS) is 30.5. The highest BCUT2D eigenvalue weighted by Crippen LogP contribution is 2.34. The van der Waals surface area contributed by atoms with E-state index in [-0.39, 0.29) is 0 Å². The first-order valence-electron chi connectivity index (χ1n) is 6.39. The van der Waals surface area contributed by atoms with Crippen molar-refractivity contribution in [2.45, 2.75) is 24.1 Å². The Kier molecular flexibility index (Phi) is 3.26. The van der Waals surface area contributed by atoms with Gasteiger partial charge in [-0.3, -0.25) is 0 Å². The van der Waals surface area contributed by atoms with Crippen LogP contribution in [0.2, 0.25) is 0 Å². The van der Waals surface area contributed by atoms with Crippen LogP contribution in [-0.2, 0) is 0 Å². The van der Waals surface area contributed by atoms with E-state index < -0.39 is 0 Å². The molecule has 1 N–H and O–H groups in total. The Morgan fingerprint density at radius 1 is 1.24 bits per heavy atom. The third kappa shape index (κ3) is 2.43. The first-order chi connectivity index (χ1) is 8.33. The number of halogens is 1. The summed E-state index contributed by atoms with van der Waals surface area (Å²) >= 11 is 5.97. The average molecular weight is 252 g/mol. The molecule has 0 aromatic heterocycles. The van der Waals surface area contributed by atoms with Crippen LogP contribution in [0.25, 0.3) is 0 Å². The molecule has 1 unspecified atom stereocenters. The van der Waals surface area contributed by atoms with Crippen molar-refractivity contribution in [2.75, 3.05) is 19.7 Å². The molecular formula is C14H18ClNO. The van der Waals surface area contributed by atoms with E-state index >= 15 is 0 Å². The summed E-state index contributed by atoms with van der Waals surface area (Å²) in [6, 6.07) is 8.35. The molecule has 1 atom stereocenters. The minimum atomic E-state index is 0.428. The van der Waals surface area contributed by atoms with Gasteiger partial charge in [0.25, 0.3) is 0 Å². The van der Waals surface area contributed by atoms with E-state index in [1.807, 2.05) is 6.07 Å². The second kappa shape index (κ2) is 4.87. The molecule has 1 aliphatic carbocycles. The molecule has 1 heterocycles. The van der Waals surface area contributed by atoms with E-state index in [4.69, 9.17) is 16.3 Å². The van der Waals surface area contributed by atoms with Gasteiger partial charge in [-0.05, 0) is 31.4 Å². The van der Waals surface area contributed by atoms with Crippen LogP contribution in [0.15, 0.2) is 24.3 Å². The Balaban J connectivity index is 1.47. The van der Waals surface area contributed by atoms with Crippen molar-refractivity contribution in [3.05, 3.63) is 29.8 Å². The molecule has 17 heavy (non-hydrogen) atoms. The van der Waals surface area contributed by atoms with Crippen LogP contribution in [0.3, 0.4) is 0 Å². The molecule has 0 saturated heterocycles. The number of fused-ring (bicyclic) bond motifs is 1. The Hall–Kier alpha value is -0.730. The van der Waals surface area contributed by atoms with Gasteiger partial charge in [0.05, 0.1) is 6.61 Å². The maximum absolute atomic E-state index is 5.97. The van der Waals surface area contributed by atoms with E-state index in [1.54, 1.807) is 0 Å². The SMILES string of the molecule is ClC1CC(CNCC2COc3ccccc32)C1. The highest BCUT2D eigenvalue weighted by atomic mass is 35.5. The summed E-state index contributed by atoms with van der Waals surface area (Å²) in [5, 5.41) is 3.98. The van der Waals surface area contributed by atoms with Crippen LogP contribution >= 0.6 is 11.6 Å². The van der Waals surface area contributed by atoms with Crippen LogP contribution in [0.1, 0.15) is 24.3 Å². The van der Waals surface area contributed by atoms with Crippen LogP contribution in [-0.4, -0.2) is 25.1 Å². The Labute approximate surface area is 107 Å². The number of rotatable bonds is 4. The number of benzene rings is 1. The van der Waals surface area contributed by atoms with Gasteiger partial charge in [0.15, 0.2) is 0 Å². The third-order valence-corrected chi connectivity index (χ3v) is 4.16. The fourth-order valence-corrected chi connectivity index (χ4v) is 3.18. The minimum Gasteiger partial charge on any atom is -0.493 e. The lowest BCUT2D eigenvalue weighted by Crippen LogP contribution is -2.35. The second-order valence-corrected chi connectivity index (χ2v) is 5.76. The molecule has 1 aromatic rings. The predicted molar refractivity (Wildman–Crippen MR) is 69.9 cm³/mol. The standard InChI is InChI=1S/C14H18ClNO/c15-12-5-10(6-12)7-16-8-11-9-17-14-4-2-1-3-13(11)14/h1-4,10-12,16H,5-9H2. The van der Waals surface area contributed by atoms with Crippen LogP contribution < -0.4 is 10.1 Å². The maximum Gasteiger partial charge on any atom is 0.122 e. The van der Waals surface area contributed by atoms with E-state index in [0.717, 1.165) is 31.4 Å². The second-order valence-electron chi connectivity index (χ2n) is 5.14. The van der Waals surface area contributed by atoms with Crippen molar-refractivity contribution < 1.29 is 4.74 Å².